The van der Waals surface area contributed by atoms with E-state index in [4.69, 9.17) is 4.21 Å². The zero-order chi connectivity index (χ0) is 35.8. The topological polar surface area (TPSA) is 0 Å². The number of rotatable bonds is 4. The monoisotopic (exact) mass is 802 g/mol. The molecule has 2 aromatic rings. The van der Waals surface area contributed by atoms with Crippen molar-refractivity contribution in [3.8, 4) is 0 Å². The van der Waals surface area contributed by atoms with E-state index < -0.39 is 18.3 Å². The quantitative estimate of drug-likeness (QED) is 0.289. The molecule has 3 heteroatoms. The second kappa shape index (κ2) is 12.2. The van der Waals surface area contributed by atoms with Gasteiger partial charge in [-0.15, -0.1) is 24.8 Å². The number of halogens is 2. The molecule has 4 unspecified atom stereocenters. The van der Waals surface area contributed by atoms with Crippen LogP contribution in [0.3, 0.4) is 0 Å². The fourth-order valence-corrected chi connectivity index (χ4v) is 31.3. The fourth-order valence-electron chi connectivity index (χ4n) is 12.9. The van der Waals surface area contributed by atoms with E-state index in [1.165, 1.54) is 23.1 Å². The van der Waals surface area contributed by atoms with Crippen LogP contribution in [0.2, 0.25) is 7.75 Å². The van der Waals surface area contributed by atoms with Crippen LogP contribution in [-0.2, 0) is 24.7 Å². The molecule has 0 spiro atoms. The number of hydrogen-bond acceptors (Lipinski definition) is 0. The summed E-state index contributed by atoms with van der Waals surface area (Å²) in [5.74, 6) is 0.886. The molecule has 5 aliphatic carbocycles. The van der Waals surface area contributed by atoms with E-state index in [1.807, 2.05) is 0 Å². The van der Waals surface area contributed by atoms with Gasteiger partial charge in [0.2, 0.25) is 0 Å². The van der Waals surface area contributed by atoms with E-state index in [1.54, 1.807) is 28.8 Å². The molecule has 5 aliphatic rings. The Labute approximate surface area is 324 Å². The second-order valence-corrected chi connectivity index (χ2v) is 35.3. The average Bonchev–Trinajstić information content (AvgIpc) is 3.68. The molecule has 0 aliphatic heterocycles. The van der Waals surface area contributed by atoms with Crippen LogP contribution in [-0.4, -0.2) is 4.21 Å². The Morgan fingerprint density at radius 1 is 0.824 bits per heavy atom. The molecule has 276 valence electrons. The summed E-state index contributed by atoms with van der Waals surface area (Å²) in [7, 11) is 0. The van der Waals surface area contributed by atoms with Gasteiger partial charge in [-0.25, -0.2) is 0 Å². The second-order valence-electron chi connectivity index (χ2n) is 20.1. The van der Waals surface area contributed by atoms with Crippen molar-refractivity contribution in [1.82, 2.24) is 0 Å². The molecule has 0 saturated heterocycles. The summed E-state index contributed by atoms with van der Waals surface area (Å²) < 4.78 is 11.9. The van der Waals surface area contributed by atoms with Crippen molar-refractivity contribution in [2.45, 2.75) is 117 Å². The van der Waals surface area contributed by atoms with Crippen LogP contribution in [0.5, 0.6) is 0 Å². The van der Waals surface area contributed by atoms with Crippen molar-refractivity contribution in [1.29, 1.82) is 0 Å². The third-order valence-corrected chi connectivity index (χ3v) is 35.9. The molecular formula is C48H66Cl2Zr. The molecule has 0 N–H and O–H groups in total. The van der Waals surface area contributed by atoms with Crippen molar-refractivity contribution >= 4 is 37.9 Å². The van der Waals surface area contributed by atoms with E-state index in [2.05, 4.69) is 167 Å². The summed E-state index contributed by atoms with van der Waals surface area (Å²) in [6, 6.07) is 21.3. The molecule has 7 rings (SSSR count). The van der Waals surface area contributed by atoms with E-state index in [9.17, 15) is 0 Å². The Kier molecular flexibility index (Phi) is 9.76. The summed E-state index contributed by atoms with van der Waals surface area (Å²) in [5.41, 5.74) is 11.1. The van der Waals surface area contributed by atoms with Gasteiger partial charge in [0.25, 0.3) is 0 Å². The maximum atomic E-state index is 6.01. The molecule has 0 amide bonds. The summed E-state index contributed by atoms with van der Waals surface area (Å²) in [6.45, 7) is 31.2. The predicted octanol–water partition coefficient (Wildman–Crippen LogP) is 13.8. The van der Waals surface area contributed by atoms with Crippen LogP contribution < -0.4 is 3.27 Å². The van der Waals surface area contributed by atoms with E-state index in [-0.39, 0.29) is 55.0 Å². The zero-order valence-electron chi connectivity index (χ0n) is 34.0. The third-order valence-electron chi connectivity index (χ3n) is 17.3. The molecule has 1 saturated carbocycles. The molecule has 1 fully saturated rings. The number of fused-ring (bicyclic) bond motifs is 6. The van der Waals surface area contributed by atoms with E-state index in [0.717, 1.165) is 19.3 Å². The average molecular weight is 805 g/mol. The first-order valence-corrected chi connectivity index (χ1v) is 27.3. The fraction of sp³-hybridized carbons (Fsp3) is 0.521. The first-order chi connectivity index (χ1) is 22.6. The number of allylic oxidation sites excluding steroid dienone is 10. The van der Waals surface area contributed by atoms with Gasteiger partial charge < -0.3 is 0 Å². The summed E-state index contributed by atoms with van der Waals surface area (Å²) in [6.07, 6.45) is 14.9. The molecule has 0 heterocycles. The summed E-state index contributed by atoms with van der Waals surface area (Å²) in [4.78, 5) is 0. The van der Waals surface area contributed by atoms with Crippen molar-refractivity contribution in [3.63, 3.8) is 0 Å². The molecule has 0 aromatic heterocycles. The van der Waals surface area contributed by atoms with Gasteiger partial charge in [-0.05, 0) is 0 Å². The molecule has 2 aromatic carbocycles. The van der Waals surface area contributed by atoms with Crippen molar-refractivity contribution in [3.05, 3.63) is 116 Å². The standard InChI is InChI=1S/C29H37.C11H17.C6H5.CH3.CH2.2ClH.Zr/c1-18-25-22-17-19-13-9-10-14-20(19)24(22)21-15-11-12-16-23(21)29(25,8)28(6,7)27(4,5)26(18,2)3;1-5-9-6-7-10(8-9)11(2,3)4;1-2-4-6-5-3-1;;;;;/h9-11,13-15,23H,12,16-17H2,1-8H3;7-9H,5H2,1-4H3;1-5H;1H3;1H2;2*1H;. The van der Waals surface area contributed by atoms with Crippen LogP contribution in [0.15, 0.2) is 104 Å². The van der Waals surface area contributed by atoms with Gasteiger partial charge in [-0.2, -0.15) is 0 Å². The van der Waals surface area contributed by atoms with Gasteiger partial charge >= 0.3 is 302 Å². The van der Waals surface area contributed by atoms with Gasteiger partial charge in [0.05, 0.1) is 0 Å². The molecule has 51 heavy (non-hydrogen) atoms. The Morgan fingerprint density at radius 3 is 2.04 bits per heavy atom. The minimum atomic E-state index is -4.77. The van der Waals surface area contributed by atoms with Crippen LogP contribution in [0.4, 0.5) is 0 Å². The third kappa shape index (κ3) is 4.62. The maximum absolute atomic E-state index is 6.01. The van der Waals surface area contributed by atoms with E-state index >= 15 is 0 Å². The number of benzene rings is 2. The number of hydrogen-bond donors (Lipinski definition) is 0. The molecular weight excluding hydrogens is 739 g/mol. The molecule has 0 bridgehead atoms. The van der Waals surface area contributed by atoms with Crippen LogP contribution in [0.1, 0.15) is 113 Å². The van der Waals surface area contributed by atoms with Crippen LogP contribution >= 0.6 is 24.8 Å². The SMILES string of the molecule is Cl.Cl.[CH2]=[Zr]([CH3])([C]1=CC(C(C)(C)C)=CC1CC)([c]1ccccc1)[C]1(C)C2=C3Cc4ccccc4C3=C3C=CCCC3C2(C)C(C)(C)C(C)(C)C1(C)C. The van der Waals surface area contributed by atoms with Gasteiger partial charge in [0.15, 0.2) is 0 Å². The van der Waals surface area contributed by atoms with Gasteiger partial charge in [-0.3, -0.25) is 0 Å². The Morgan fingerprint density at radius 2 is 1.43 bits per heavy atom. The molecule has 0 radical (unpaired) electrons. The van der Waals surface area contributed by atoms with Gasteiger partial charge in [0.1, 0.15) is 0 Å². The van der Waals surface area contributed by atoms with E-state index in [0.29, 0.717) is 11.8 Å². The Hall–Kier alpha value is -1.53. The van der Waals surface area contributed by atoms with Crippen LogP contribution in [0.25, 0.3) is 5.57 Å². The minimum absolute atomic E-state index is 0. The van der Waals surface area contributed by atoms with Crippen molar-refractivity contribution in [2.75, 3.05) is 0 Å². The predicted molar refractivity (Wildman–Crippen MR) is 227 cm³/mol. The van der Waals surface area contributed by atoms with Gasteiger partial charge in [0, 0.05) is 0 Å². The summed E-state index contributed by atoms with van der Waals surface area (Å²) >= 11 is -4.77. The molecule has 4 atom stereocenters. The summed E-state index contributed by atoms with van der Waals surface area (Å²) in [5, 5.41) is 0. The zero-order valence-corrected chi connectivity index (χ0v) is 38.1. The first kappa shape index (κ1) is 40.7. The van der Waals surface area contributed by atoms with Crippen LogP contribution in [0, 0.1) is 38.9 Å². The molecule has 0 nitrogen and oxygen atoms in total. The normalized spacial score (nSPS) is 30.2. The van der Waals surface area contributed by atoms with Gasteiger partial charge in [-0.1, -0.05) is 0 Å². The van der Waals surface area contributed by atoms with Crippen molar-refractivity contribution < 1.29 is 18.3 Å². The Balaban J connectivity index is 0.00000252. The Bertz CT molecular complexity index is 1990. The first-order valence-electron chi connectivity index (χ1n) is 19.4. The van der Waals surface area contributed by atoms with Crippen molar-refractivity contribution in [2.24, 2.45) is 38.9 Å².